The molecule has 0 N–H and O–H groups in total. The number of hydrogen-bond donors (Lipinski definition) is 0. The summed E-state index contributed by atoms with van der Waals surface area (Å²) < 4.78 is 10.6. The third-order valence-electron chi connectivity index (χ3n) is 2.67. The number of esters is 1. The number of fused-ring (bicyclic) bond motifs is 1. The number of ether oxygens (including phenoxy) is 2. The van der Waals surface area contributed by atoms with E-state index in [1.807, 2.05) is 43.3 Å². The molecule has 94 valence electrons. The molecule has 0 unspecified atom stereocenters. The molecule has 0 aliphatic rings. The molecule has 3 heteroatoms. The van der Waals surface area contributed by atoms with Gasteiger partial charge in [0.05, 0.1) is 13.2 Å². The van der Waals surface area contributed by atoms with Gasteiger partial charge in [-0.1, -0.05) is 30.3 Å². The van der Waals surface area contributed by atoms with Gasteiger partial charge in [0.15, 0.2) is 0 Å². The van der Waals surface area contributed by atoms with Crippen molar-refractivity contribution < 1.29 is 14.3 Å². The lowest BCUT2D eigenvalue weighted by Crippen LogP contribution is -2.08. The number of rotatable bonds is 4. The van der Waals surface area contributed by atoms with Gasteiger partial charge in [0, 0.05) is 0 Å². The zero-order valence-corrected chi connectivity index (χ0v) is 10.6. The van der Waals surface area contributed by atoms with Gasteiger partial charge in [0.2, 0.25) is 0 Å². The molecule has 2 aromatic carbocycles. The molecule has 2 rings (SSSR count). The van der Waals surface area contributed by atoms with Gasteiger partial charge >= 0.3 is 5.97 Å². The number of hydrogen-bond acceptors (Lipinski definition) is 3. The highest BCUT2D eigenvalue weighted by Crippen LogP contribution is 2.28. The highest BCUT2D eigenvalue weighted by Gasteiger charge is 2.17. The van der Waals surface area contributed by atoms with Crippen molar-refractivity contribution in [2.24, 2.45) is 0 Å². The largest absolute Gasteiger partial charge is 0.493 e. The lowest BCUT2D eigenvalue weighted by atomic mass is 10.0. The molecular formula is C15H16O3. The molecule has 0 aromatic heterocycles. The van der Waals surface area contributed by atoms with E-state index >= 15 is 0 Å². The lowest BCUT2D eigenvalue weighted by Gasteiger charge is -2.12. The average molecular weight is 244 g/mol. The van der Waals surface area contributed by atoms with Crippen LogP contribution in [0.4, 0.5) is 0 Å². The van der Waals surface area contributed by atoms with E-state index in [2.05, 4.69) is 0 Å². The number of carbonyl (C=O) groups excluding carboxylic acids is 1. The minimum atomic E-state index is -0.335. The van der Waals surface area contributed by atoms with Crippen molar-refractivity contribution in [2.45, 2.75) is 13.8 Å². The molecule has 18 heavy (non-hydrogen) atoms. The quantitative estimate of drug-likeness (QED) is 0.773. The fourth-order valence-electron chi connectivity index (χ4n) is 1.94. The summed E-state index contributed by atoms with van der Waals surface area (Å²) in [7, 11) is 0. The first-order chi connectivity index (χ1) is 8.77. The van der Waals surface area contributed by atoms with Gasteiger partial charge in [-0.3, -0.25) is 0 Å². The van der Waals surface area contributed by atoms with Crippen LogP contribution in [0.25, 0.3) is 10.8 Å². The minimum absolute atomic E-state index is 0.335. The number of benzene rings is 2. The summed E-state index contributed by atoms with van der Waals surface area (Å²) in [5.41, 5.74) is 0.511. The predicted octanol–water partition coefficient (Wildman–Crippen LogP) is 3.42. The van der Waals surface area contributed by atoms with Crippen LogP contribution in [0.2, 0.25) is 0 Å². The van der Waals surface area contributed by atoms with E-state index < -0.39 is 0 Å². The van der Waals surface area contributed by atoms with Crippen molar-refractivity contribution in [3.05, 3.63) is 42.0 Å². The topological polar surface area (TPSA) is 35.5 Å². The van der Waals surface area contributed by atoms with Crippen LogP contribution < -0.4 is 4.74 Å². The second-order valence-corrected chi connectivity index (χ2v) is 3.81. The molecule has 0 heterocycles. The Bertz CT molecular complexity index is 561. The van der Waals surface area contributed by atoms with Crippen molar-refractivity contribution in [2.75, 3.05) is 13.2 Å². The molecule has 0 aliphatic carbocycles. The highest BCUT2D eigenvalue weighted by atomic mass is 16.5. The first-order valence-corrected chi connectivity index (χ1v) is 6.09. The molecular weight excluding hydrogens is 228 g/mol. The minimum Gasteiger partial charge on any atom is -0.493 e. The van der Waals surface area contributed by atoms with Gasteiger partial charge in [-0.25, -0.2) is 4.79 Å². The Kier molecular flexibility index (Phi) is 3.82. The predicted molar refractivity (Wildman–Crippen MR) is 71.1 cm³/mol. The van der Waals surface area contributed by atoms with Crippen molar-refractivity contribution in [3.63, 3.8) is 0 Å². The summed E-state index contributed by atoms with van der Waals surface area (Å²) >= 11 is 0. The van der Waals surface area contributed by atoms with Crippen LogP contribution in [0, 0.1) is 0 Å². The third kappa shape index (κ3) is 2.30. The van der Waals surface area contributed by atoms with E-state index in [9.17, 15) is 4.79 Å². The molecule has 0 bridgehead atoms. The molecule has 0 saturated heterocycles. The normalized spacial score (nSPS) is 10.3. The fourth-order valence-corrected chi connectivity index (χ4v) is 1.94. The molecule has 3 nitrogen and oxygen atoms in total. The van der Waals surface area contributed by atoms with Gasteiger partial charge < -0.3 is 9.47 Å². The Balaban J connectivity index is 2.62. The smallest absolute Gasteiger partial charge is 0.342 e. The molecule has 0 aliphatic heterocycles. The lowest BCUT2D eigenvalue weighted by molar-refractivity contribution is 0.0524. The molecule has 0 saturated carbocycles. The zero-order chi connectivity index (χ0) is 13.0. The SMILES string of the molecule is CCOC(=O)c1c(OCC)ccc2ccccc12. The van der Waals surface area contributed by atoms with Gasteiger partial charge in [-0.05, 0) is 30.7 Å². The summed E-state index contributed by atoms with van der Waals surface area (Å²) in [4.78, 5) is 12.1. The van der Waals surface area contributed by atoms with Crippen LogP contribution >= 0.6 is 0 Å². The summed E-state index contributed by atoms with van der Waals surface area (Å²) in [6.45, 7) is 4.56. The van der Waals surface area contributed by atoms with E-state index in [1.54, 1.807) is 6.92 Å². The Labute approximate surface area is 106 Å². The maximum absolute atomic E-state index is 12.1. The second kappa shape index (κ2) is 5.54. The summed E-state index contributed by atoms with van der Waals surface area (Å²) in [6, 6.07) is 11.5. The molecule has 0 spiro atoms. The molecule has 2 aromatic rings. The van der Waals surface area contributed by atoms with E-state index in [0.717, 1.165) is 10.8 Å². The van der Waals surface area contributed by atoms with Crippen LogP contribution in [0.3, 0.4) is 0 Å². The Morgan fingerprint density at radius 3 is 2.56 bits per heavy atom. The molecule has 0 atom stereocenters. The first kappa shape index (κ1) is 12.4. The highest BCUT2D eigenvalue weighted by molar-refractivity contribution is 6.07. The van der Waals surface area contributed by atoms with Crippen molar-refractivity contribution in [1.82, 2.24) is 0 Å². The van der Waals surface area contributed by atoms with Crippen molar-refractivity contribution in [1.29, 1.82) is 0 Å². The van der Waals surface area contributed by atoms with Crippen LogP contribution in [0.1, 0.15) is 24.2 Å². The first-order valence-electron chi connectivity index (χ1n) is 6.09. The summed E-state index contributed by atoms with van der Waals surface area (Å²) in [6.07, 6.45) is 0. The van der Waals surface area contributed by atoms with Crippen LogP contribution in [0.15, 0.2) is 36.4 Å². The van der Waals surface area contributed by atoms with Gasteiger partial charge in [-0.15, -0.1) is 0 Å². The number of carbonyl (C=O) groups is 1. The Morgan fingerprint density at radius 1 is 1.06 bits per heavy atom. The Hall–Kier alpha value is -2.03. The van der Waals surface area contributed by atoms with Crippen LogP contribution in [0.5, 0.6) is 5.75 Å². The molecule has 0 amide bonds. The van der Waals surface area contributed by atoms with Gasteiger partial charge in [0.25, 0.3) is 0 Å². The van der Waals surface area contributed by atoms with Gasteiger partial charge in [-0.2, -0.15) is 0 Å². The molecule has 0 radical (unpaired) electrons. The third-order valence-corrected chi connectivity index (χ3v) is 2.67. The standard InChI is InChI=1S/C15H16O3/c1-3-17-13-10-9-11-7-5-6-8-12(11)14(13)15(16)18-4-2/h5-10H,3-4H2,1-2H3. The fraction of sp³-hybridized carbons (Fsp3) is 0.267. The van der Waals surface area contributed by atoms with E-state index in [1.165, 1.54) is 0 Å². The maximum atomic E-state index is 12.1. The summed E-state index contributed by atoms with van der Waals surface area (Å²) in [5, 5.41) is 1.87. The van der Waals surface area contributed by atoms with Crippen LogP contribution in [-0.4, -0.2) is 19.2 Å². The van der Waals surface area contributed by atoms with Gasteiger partial charge in [0.1, 0.15) is 11.3 Å². The van der Waals surface area contributed by atoms with E-state index in [0.29, 0.717) is 24.5 Å². The monoisotopic (exact) mass is 244 g/mol. The van der Waals surface area contributed by atoms with Crippen LogP contribution in [-0.2, 0) is 4.74 Å². The Morgan fingerprint density at radius 2 is 1.83 bits per heavy atom. The van der Waals surface area contributed by atoms with E-state index in [4.69, 9.17) is 9.47 Å². The maximum Gasteiger partial charge on any atom is 0.342 e. The van der Waals surface area contributed by atoms with Crippen molar-refractivity contribution in [3.8, 4) is 5.75 Å². The molecule has 0 fully saturated rings. The second-order valence-electron chi connectivity index (χ2n) is 3.81. The average Bonchev–Trinajstić information content (AvgIpc) is 2.39. The van der Waals surface area contributed by atoms with E-state index in [-0.39, 0.29) is 5.97 Å². The zero-order valence-electron chi connectivity index (χ0n) is 10.6. The summed E-state index contributed by atoms with van der Waals surface area (Å²) in [5.74, 6) is 0.243. The van der Waals surface area contributed by atoms with Crippen molar-refractivity contribution >= 4 is 16.7 Å².